The first-order chi connectivity index (χ1) is 8.61. The summed E-state index contributed by atoms with van der Waals surface area (Å²) < 4.78 is 7.63. The summed E-state index contributed by atoms with van der Waals surface area (Å²) in [5, 5.41) is 7.42. The average molecular weight is 246 g/mol. The molecule has 0 aliphatic carbocycles. The fourth-order valence-corrected chi connectivity index (χ4v) is 1.83. The quantitative estimate of drug-likeness (QED) is 0.895. The number of nitrogens with zero attached hydrogens (tertiary/aromatic N) is 3. The molecule has 0 saturated heterocycles. The van der Waals surface area contributed by atoms with Gasteiger partial charge in [-0.1, -0.05) is 0 Å². The van der Waals surface area contributed by atoms with Gasteiger partial charge in [0.2, 0.25) is 5.88 Å². The number of rotatable bonds is 4. The molecule has 96 valence electrons. The van der Waals surface area contributed by atoms with Gasteiger partial charge in [0.1, 0.15) is 5.69 Å². The standard InChI is InChI=1S/C13H18N4O/c1-9-13(10(2)17(4)16-9)18-12-7-11(8-14-3)5-6-15-12/h5-7,14H,8H2,1-4H3. The molecule has 0 spiro atoms. The maximum atomic E-state index is 5.83. The monoisotopic (exact) mass is 246 g/mol. The van der Waals surface area contributed by atoms with Crippen molar-refractivity contribution in [2.75, 3.05) is 7.05 Å². The first-order valence-electron chi connectivity index (χ1n) is 5.89. The van der Waals surface area contributed by atoms with Gasteiger partial charge in [0.25, 0.3) is 0 Å². The molecule has 0 atom stereocenters. The Morgan fingerprint density at radius 3 is 2.78 bits per heavy atom. The second kappa shape index (κ2) is 5.18. The van der Waals surface area contributed by atoms with Crippen LogP contribution in [0.25, 0.3) is 0 Å². The molecule has 2 rings (SSSR count). The second-order valence-electron chi connectivity index (χ2n) is 4.26. The molecule has 0 saturated carbocycles. The topological polar surface area (TPSA) is 52.0 Å². The maximum Gasteiger partial charge on any atom is 0.219 e. The van der Waals surface area contributed by atoms with E-state index in [2.05, 4.69) is 15.4 Å². The van der Waals surface area contributed by atoms with E-state index in [-0.39, 0.29) is 0 Å². The van der Waals surface area contributed by atoms with Crippen LogP contribution in [0.1, 0.15) is 17.0 Å². The highest BCUT2D eigenvalue weighted by molar-refractivity contribution is 5.35. The van der Waals surface area contributed by atoms with Crippen molar-refractivity contribution in [2.24, 2.45) is 7.05 Å². The van der Waals surface area contributed by atoms with E-state index in [0.29, 0.717) is 5.88 Å². The zero-order valence-electron chi connectivity index (χ0n) is 11.2. The molecule has 2 aromatic heterocycles. The van der Waals surface area contributed by atoms with Crippen molar-refractivity contribution in [1.82, 2.24) is 20.1 Å². The lowest BCUT2D eigenvalue weighted by atomic mass is 10.2. The van der Waals surface area contributed by atoms with E-state index in [1.807, 2.05) is 44.8 Å². The van der Waals surface area contributed by atoms with E-state index >= 15 is 0 Å². The van der Waals surface area contributed by atoms with Crippen LogP contribution in [-0.2, 0) is 13.6 Å². The normalized spacial score (nSPS) is 10.7. The Balaban J connectivity index is 2.25. The molecular weight excluding hydrogens is 228 g/mol. The van der Waals surface area contributed by atoms with Crippen LogP contribution in [0.3, 0.4) is 0 Å². The lowest BCUT2D eigenvalue weighted by molar-refractivity contribution is 0.454. The van der Waals surface area contributed by atoms with Crippen molar-refractivity contribution in [3.05, 3.63) is 35.3 Å². The average Bonchev–Trinajstić information content (AvgIpc) is 2.57. The third-order valence-electron chi connectivity index (χ3n) is 2.83. The van der Waals surface area contributed by atoms with Gasteiger partial charge in [-0.05, 0) is 32.5 Å². The molecule has 2 heterocycles. The SMILES string of the molecule is CNCc1ccnc(Oc2c(C)nn(C)c2C)c1. The molecular formula is C13H18N4O. The van der Waals surface area contributed by atoms with Crippen molar-refractivity contribution < 1.29 is 4.74 Å². The van der Waals surface area contributed by atoms with E-state index in [4.69, 9.17) is 4.74 Å². The molecule has 0 fully saturated rings. The maximum absolute atomic E-state index is 5.83. The van der Waals surface area contributed by atoms with Gasteiger partial charge in [0.05, 0.1) is 5.69 Å². The molecule has 0 aliphatic heterocycles. The number of ether oxygens (including phenoxy) is 1. The van der Waals surface area contributed by atoms with Crippen molar-refractivity contribution in [1.29, 1.82) is 0 Å². The Morgan fingerprint density at radius 2 is 2.17 bits per heavy atom. The summed E-state index contributed by atoms with van der Waals surface area (Å²) in [6, 6.07) is 3.90. The fraction of sp³-hybridized carbons (Fsp3) is 0.385. The predicted octanol–water partition coefficient (Wildman–Crippen LogP) is 1.94. The summed E-state index contributed by atoms with van der Waals surface area (Å²) in [5.41, 5.74) is 3.01. The molecule has 5 nitrogen and oxygen atoms in total. The third kappa shape index (κ3) is 2.51. The first-order valence-corrected chi connectivity index (χ1v) is 5.89. The van der Waals surface area contributed by atoms with Gasteiger partial charge in [-0.15, -0.1) is 0 Å². The number of nitrogens with one attached hydrogen (secondary N) is 1. The molecule has 0 unspecified atom stereocenters. The minimum absolute atomic E-state index is 0.599. The number of aryl methyl sites for hydroxylation is 2. The molecule has 0 aliphatic rings. The molecule has 18 heavy (non-hydrogen) atoms. The van der Waals surface area contributed by atoms with Crippen LogP contribution in [0.2, 0.25) is 0 Å². The van der Waals surface area contributed by atoms with Crippen molar-refractivity contribution in [3.8, 4) is 11.6 Å². The van der Waals surface area contributed by atoms with E-state index in [1.54, 1.807) is 6.20 Å². The predicted molar refractivity (Wildman–Crippen MR) is 69.8 cm³/mol. The fourth-order valence-electron chi connectivity index (χ4n) is 1.83. The second-order valence-corrected chi connectivity index (χ2v) is 4.26. The summed E-state index contributed by atoms with van der Waals surface area (Å²) in [6.45, 7) is 4.70. The molecule has 0 bridgehead atoms. The first kappa shape index (κ1) is 12.6. The Kier molecular flexibility index (Phi) is 3.62. The highest BCUT2D eigenvalue weighted by atomic mass is 16.5. The zero-order valence-corrected chi connectivity index (χ0v) is 11.2. The molecule has 0 aromatic carbocycles. The zero-order chi connectivity index (χ0) is 13.1. The number of pyridine rings is 1. The number of hydrogen-bond acceptors (Lipinski definition) is 4. The number of hydrogen-bond donors (Lipinski definition) is 1. The molecule has 2 aromatic rings. The van der Waals surface area contributed by atoms with Gasteiger partial charge in [0.15, 0.2) is 5.75 Å². The Bertz CT molecular complexity index is 548. The molecule has 0 amide bonds. The molecule has 0 radical (unpaired) electrons. The van der Waals surface area contributed by atoms with Gasteiger partial charge in [-0.2, -0.15) is 5.10 Å². The van der Waals surface area contributed by atoms with Crippen LogP contribution in [-0.4, -0.2) is 21.8 Å². The minimum atomic E-state index is 0.599. The Labute approximate surface area is 107 Å². The Morgan fingerprint density at radius 1 is 1.39 bits per heavy atom. The van der Waals surface area contributed by atoms with E-state index < -0.39 is 0 Å². The van der Waals surface area contributed by atoms with Crippen LogP contribution in [0.5, 0.6) is 11.6 Å². The largest absolute Gasteiger partial charge is 0.435 e. The van der Waals surface area contributed by atoms with Crippen molar-refractivity contribution in [2.45, 2.75) is 20.4 Å². The Hall–Kier alpha value is -1.88. The summed E-state index contributed by atoms with van der Waals surface area (Å²) in [7, 11) is 3.82. The minimum Gasteiger partial charge on any atom is -0.435 e. The van der Waals surface area contributed by atoms with Crippen LogP contribution in [0.15, 0.2) is 18.3 Å². The van der Waals surface area contributed by atoms with E-state index in [1.165, 1.54) is 0 Å². The lowest BCUT2D eigenvalue weighted by Crippen LogP contribution is -2.05. The van der Waals surface area contributed by atoms with Crippen molar-refractivity contribution in [3.63, 3.8) is 0 Å². The van der Waals surface area contributed by atoms with E-state index in [9.17, 15) is 0 Å². The third-order valence-corrected chi connectivity index (χ3v) is 2.83. The molecule has 1 N–H and O–H groups in total. The summed E-state index contributed by atoms with van der Waals surface area (Å²) >= 11 is 0. The highest BCUT2D eigenvalue weighted by Crippen LogP contribution is 2.26. The van der Waals surface area contributed by atoms with Crippen LogP contribution in [0.4, 0.5) is 0 Å². The van der Waals surface area contributed by atoms with E-state index in [0.717, 1.165) is 29.2 Å². The van der Waals surface area contributed by atoms with Crippen molar-refractivity contribution >= 4 is 0 Å². The van der Waals surface area contributed by atoms with Crippen LogP contribution < -0.4 is 10.1 Å². The highest BCUT2D eigenvalue weighted by Gasteiger charge is 2.12. The van der Waals surface area contributed by atoms with Crippen LogP contribution >= 0.6 is 0 Å². The van der Waals surface area contributed by atoms with Gasteiger partial charge in [-0.25, -0.2) is 4.98 Å². The summed E-state index contributed by atoms with van der Waals surface area (Å²) in [6.07, 6.45) is 1.75. The summed E-state index contributed by atoms with van der Waals surface area (Å²) in [5.74, 6) is 1.38. The lowest BCUT2D eigenvalue weighted by Gasteiger charge is -2.06. The van der Waals surface area contributed by atoms with Crippen LogP contribution in [0, 0.1) is 13.8 Å². The van der Waals surface area contributed by atoms with Gasteiger partial charge in [0, 0.05) is 25.9 Å². The smallest absolute Gasteiger partial charge is 0.219 e. The summed E-state index contributed by atoms with van der Waals surface area (Å²) in [4.78, 5) is 4.22. The number of aromatic nitrogens is 3. The van der Waals surface area contributed by atoms with Gasteiger partial charge >= 0.3 is 0 Å². The van der Waals surface area contributed by atoms with Gasteiger partial charge < -0.3 is 10.1 Å². The van der Waals surface area contributed by atoms with Gasteiger partial charge in [-0.3, -0.25) is 4.68 Å². The molecule has 5 heteroatoms.